The number of fused-ring (bicyclic) bond motifs is 3. The van der Waals surface area contributed by atoms with Crippen LogP contribution >= 0.6 is 0 Å². The van der Waals surface area contributed by atoms with Crippen LogP contribution < -0.4 is 5.32 Å². The molecule has 142 valence electrons. The molecule has 2 aromatic rings. The van der Waals surface area contributed by atoms with Crippen molar-refractivity contribution in [1.82, 2.24) is 14.8 Å². The second kappa shape index (κ2) is 6.49. The van der Waals surface area contributed by atoms with Crippen LogP contribution in [0.25, 0.3) is 11.3 Å². The predicted molar refractivity (Wildman–Crippen MR) is 102 cm³/mol. The Hall–Kier alpha value is -2.67. The molecule has 1 atom stereocenters. The minimum Gasteiger partial charge on any atom is -0.340 e. The summed E-state index contributed by atoms with van der Waals surface area (Å²) in [6.07, 6.45) is 3.42. The van der Waals surface area contributed by atoms with E-state index in [1.54, 1.807) is 16.7 Å². The molecule has 27 heavy (non-hydrogen) atoms. The van der Waals surface area contributed by atoms with Gasteiger partial charge in [0.15, 0.2) is 0 Å². The molecule has 1 amide bonds. The van der Waals surface area contributed by atoms with Gasteiger partial charge in [0.2, 0.25) is 0 Å². The van der Waals surface area contributed by atoms with Crippen molar-refractivity contribution in [2.24, 2.45) is 13.0 Å². The molecule has 7 heteroatoms. The summed E-state index contributed by atoms with van der Waals surface area (Å²) in [5, 5.41) is 14.3. The number of hydrogen-bond acceptors (Lipinski definition) is 4. The number of nitrogens with one attached hydrogen (secondary N) is 1. The van der Waals surface area contributed by atoms with E-state index in [9.17, 15) is 14.9 Å². The van der Waals surface area contributed by atoms with E-state index in [2.05, 4.69) is 17.1 Å². The highest BCUT2D eigenvalue weighted by Crippen LogP contribution is 2.37. The lowest BCUT2D eigenvalue weighted by Gasteiger charge is -2.52. The number of aromatic nitrogens is 1. The van der Waals surface area contributed by atoms with E-state index in [0.717, 1.165) is 30.8 Å². The van der Waals surface area contributed by atoms with E-state index in [1.807, 2.05) is 19.2 Å². The zero-order valence-corrected chi connectivity index (χ0v) is 15.6. The van der Waals surface area contributed by atoms with Crippen molar-refractivity contribution in [3.8, 4) is 11.3 Å². The van der Waals surface area contributed by atoms with Crippen LogP contribution in [0, 0.1) is 16.0 Å². The molecule has 4 heterocycles. The smallest absolute Gasteiger partial charge is 0.270 e. The topological polar surface area (TPSA) is 80.4 Å². The highest BCUT2D eigenvalue weighted by atomic mass is 16.6. The molecular weight excluding hydrogens is 344 g/mol. The highest BCUT2D eigenvalue weighted by Gasteiger charge is 2.43. The molecule has 1 aromatic carbocycles. The molecule has 3 saturated heterocycles. The van der Waals surface area contributed by atoms with Crippen molar-refractivity contribution in [3.63, 3.8) is 0 Å². The Morgan fingerprint density at radius 2 is 2.00 bits per heavy atom. The quantitative estimate of drug-likeness (QED) is 0.664. The Labute approximate surface area is 158 Å². The van der Waals surface area contributed by atoms with Gasteiger partial charge >= 0.3 is 0 Å². The number of carbonyl (C=O) groups excluding carboxylic acids is 1. The summed E-state index contributed by atoms with van der Waals surface area (Å²) in [6.45, 7) is 4.18. The summed E-state index contributed by atoms with van der Waals surface area (Å²) in [5.41, 5.74) is 1.80. The fourth-order valence-corrected chi connectivity index (χ4v) is 4.57. The molecule has 5 rings (SSSR count). The fourth-order valence-electron chi connectivity index (χ4n) is 4.57. The number of carbonyl (C=O) groups is 1. The summed E-state index contributed by atoms with van der Waals surface area (Å²) >= 11 is 0. The minimum atomic E-state index is -0.409. The standard InChI is InChI=1S/C20H24N4O3/c1-20(13-14-8-10-23(20)11-9-14)21-19(25)18-7-6-17(22(18)2)15-4-3-5-16(12-15)24(26)27/h3-7,12,14H,8-11,13H2,1-2H3,(H,21,25)/t20-/m0/s1. The summed E-state index contributed by atoms with van der Waals surface area (Å²) in [7, 11) is 1.82. The van der Waals surface area contributed by atoms with E-state index >= 15 is 0 Å². The van der Waals surface area contributed by atoms with Crippen LogP contribution in [0.3, 0.4) is 0 Å². The molecule has 3 aliphatic rings. The third-order valence-electron chi connectivity index (χ3n) is 6.09. The van der Waals surface area contributed by atoms with E-state index in [1.165, 1.54) is 25.0 Å². The van der Waals surface area contributed by atoms with E-state index in [0.29, 0.717) is 11.6 Å². The minimum absolute atomic E-state index is 0.0400. The Morgan fingerprint density at radius 3 is 2.63 bits per heavy atom. The van der Waals surface area contributed by atoms with Crippen LogP contribution in [0.15, 0.2) is 36.4 Å². The fraction of sp³-hybridized carbons (Fsp3) is 0.450. The summed E-state index contributed by atoms with van der Waals surface area (Å²) in [6, 6.07) is 10.1. The molecule has 3 fully saturated rings. The molecule has 0 radical (unpaired) electrons. The van der Waals surface area contributed by atoms with Crippen LogP contribution in [0.5, 0.6) is 0 Å². The number of nitrogens with zero attached hydrogens (tertiary/aromatic N) is 3. The van der Waals surface area contributed by atoms with Crippen molar-refractivity contribution in [2.45, 2.75) is 31.8 Å². The number of rotatable bonds is 4. The van der Waals surface area contributed by atoms with E-state index in [4.69, 9.17) is 0 Å². The maximum Gasteiger partial charge on any atom is 0.270 e. The maximum absolute atomic E-state index is 13.0. The third kappa shape index (κ3) is 3.12. The maximum atomic E-state index is 13.0. The van der Waals surface area contributed by atoms with Crippen LogP contribution in [0.2, 0.25) is 0 Å². The van der Waals surface area contributed by atoms with Gasteiger partial charge < -0.3 is 9.88 Å². The van der Waals surface area contributed by atoms with Gasteiger partial charge in [0.25, 0.3) is 11.6 Å². The van der Waals surface area contributed by atoms with Crippen LogP contribution in [-0.2, 0) is 7.05 Å². The largest absolute Gasteiger partial charge is 0.340 e. The first-order valence-electron chi connectivity index (χ1n) is 9.35. The molecule has 0 unspecified atom stereocenters. The van der Waals surface area contributed by atoms with E-state index < -0.39 is 4.92 Å². The predicted octanol–water partition coefficient (Wildman–Crippen LogP) is 3.16. The number of nitro benzene ring substituents is 1. The molecule has 1 aromatic heterocycles. The van der Waals surface area contributed by atoms with Gasteiger partial charge in [0.05, 0.1) is 10.6 Å². The lowest BCUT2D eigenvalue weighted by atomic mass is 9.80. The number of nitro groups is 1. The SMILES string of the molecule is Cn1c(C(=O)N[C@]2(C)CC3CCN2CC3)ccc1-c1cccc([N+](=O)[O-])c1. The van der Waals surface area contributed by atoms with Crippen molar-refractivity contribution in [3.05, 3.63) is 52.2 Å². The van der Waals surface area contributed by atoms with Crippen LogP contribution in [-0.4, -0.2) is 39.0 Å². The Morgan fingerprint density at radius 1 is 1.26 bits per heavy atom. The number of amides is 1. The molecule has 0 aliphatic carbocycles. The number of piperidine rings is 3. The number of non-ortho nitro benzene ring substituents is 1. The summed E-state index contributed by atoms with van der Waals surface area (Å²) in [4.78, 5) is 26.0. The molecule has 1 N–H and O–H groups in total. The van der Waals surface area contributed by atoms with Gasteiger partial charge in [-0.25, -0.2) is 0 Å². The van der Waals surface area contributed by atoms with Crippen molar-refractivity contribution in [2.75, 3.05) is 13.1 Å². The van der Waals surface area contributed by atoms with Gasteiger partial charge in [0, 0.05) is 43.5 Å². The van der Waals surface area contributed by atoms with Crippen molar-refractivity contribution >= 4 is 11.6 Å². The zero-order chi connectivity index (χ0) is 19.2. The van der Waals surface area contributed by atoms with Gasteiger partial charge in [-0.15, -0.1) is 0 Å². The highest BCUT2D eigenvalue weighted by molar-refractivity contribution is 5.94. The number of hydrogen-bond donors (Lipinski definition) is 1. The normalized spacial score (nSPS) is 26.7. The first-order valence-corrected chi connectivity index (χ1v) is 9.35. The molecule has 0 saturated carbocycles. The van der Waals surface area contributed by atoms with Gasteiger partial charge in [-0.1, -0.05) is 12.1 Å². The first kappa shape index (κ1) is 17.7. The Kier molecular flexibility index (Phi) is 4.26. The average Bonchev–Trinajstić information content (AvgIpc) is 3.04. The summed E-state index contributed by atoms with van der Waals surface area (Å²) in [5.74, 6) is 0.582. The second-order valence-corrected chi connectivity index (χ2v) is 7.83. The molecule has 3 aliphatic heterocycles. The van der Waals surface area contributed by atoms with Crippen molar-refractivity contribution < 1.29 is 9.72 Å². The third-order valence-corrected chi connectivity index (χ3v) is 6.09. The molecule has 7 nitrogen and oxygen atoms in total. The van der Waals surface area contributed by atoms with Gasteiger partial charge in [-0.3, -0.25) is 19.8 Å². The first-order chi connectivity index (χ1) is 12.9. The molecule has 2 bridgehead atoms. The van der Waals surface area contributed by atoms with Gasteiger partial charge in [-0.2, -0.15) is 0 Å². The molecule has 0 spiro atoms. The number of benzene rings is 1. The van der Waals surface area contributed by atoms with Gasteiger partial charge in [-0.05, 0) is 44.2 Å². The van der Waals surface area contributed by atoms with Crippen molar-refractivity contribution in [1.29, 1.82) is 0 Å². The monoisotopic (exact) mass is 368 g/mol. The lowest BCUT2D eigenvalue weighted by Crippen LogP contribution is -2.65. The van der Waals surface area contributed by atoms with Crippen LogP contribution in [0.1, 0.15) is 36.7 Å². The van der Waals surface area contributed by atoms with Gasteiger partial charge in [0.1, 0.15) is 5.69 Å². The van der Waals surface area contributed by atoms with E-state index in [-0.39, 0.29) is 17.3 Å². The second-order valence-electron chi connectivity index (χ2n) is 7.83. The lowest BCUT2D eigenvalue weighted by molar-refractivity contribution is -0.384. The summed E-state index contributed by atoms with van der Waals surface area (Å²) < 4.78 is 1.80. The average molecular weight is 368 g/mol. The zero-order valence-electron chi connectivity index (χ0n) is 15.6. The Bertz CT molecular complexity index is 898. The molecular formula is C20H24N4O3. The Balaban J connectivity index is 1.58. The van der Waals surface area contributed by atoms with Crippen LogP contribution in [0.4, 0.5) is 5.69 Å².